The van der Waals surface area contributed by atoms with Gasteiger partial charge in [-0.3, -0.25) is 10.1 Å². The summed E-state index contributed by atoms with van der Waals surface area (Å²) in [5.74, 6) is 0. The summed E-state index contributed by atoms with van der Waals surface area (Å²) < 4.78 is 0. The van der Waals surface area contributed by atoms with E-state index in [9.17, 15) is 20.0 Å². The molecule has 1 aromatic heterocycles. The summed E-state index contributed by atoms with van der Waals surface area (Å²) in [6.07, 6.45) is 0. The van der Waals surface area contributed by atoms with E-state index in [0.29, 0.717) is 11.3 Å². The standard InChI is InChI=1S/C16H19N3O4S/c1-10-6-7-12(19(22)23)11(2)14(10)18-15(20)17-9-16(3,21)13-5-4-8-24-13/h4-8,21H,9H2,1-3H3,(H2,17,18,20). The minimum atomic E-state index is -1.18. The van der Waals surface area contributed by atoms with Crippen LogP contribution >= 0.6 is 11.3 Å². The van der Waals surface area contributed by atoms with E-state index in [1.165, 1.54) is 17.4 Å². The summed E-state index contributed by atoms with van der Waals surface area (Å²) in [5.41, 5.74) is 0.274. The Morgan fingerprint density at radius 1 is 1.38 bits per heavy atom. The molecular formula is C16H19N3O4S. The fourth-order valence-electron chi connectivity index (χ4n) is 2.31. The molecule has 0 aliphatic heterocycles. The lowest BCUT2D eigenvalue weighted by molar-refractivity contribution is -0.385. The number of nitro groups is 1. The SMILES string of the molecule is Cc1ccc([N+](=O)[O-])c(C)c1NC(=O)NCC(C)(O)c1cccs1. The zero-order chi connectivity index (χ0) is 17.9. The lowest BCUT2D eigenvalue weighted by Gasteiger charge is -2.22. The summed E-state index contributed by atoms with van der Waals surface area (Å²) in [6, 6.07) is 6.08. The number of nitrogens with one attached hydrogen (secondary N) is 2. The van der Waals surface area contributed by atoms with E-state index in [4.69, 9.17) is 0 Å². The third-order valence-electron chi connectivity index (χ3n) is 3.73. The van der Waals surface area contributed by atoms with Gasteiger partial charge in [0.1, 0.15) is 5.60 Å². The molecule has 0 bridgehead atoms. The zero-order valence-electron chi connectivity index (χ0n) is 13.6. The first-order valence-electron chi connectivity index (χ1n) is 7.28. The number of aliphatic hydroxyl groups is 1. The molecule has 1 aromatic carbocycles. The zero-order valence-corrected chi connectivity index (χ0v) is 14.4. The maximum Gasteiger partial charge on any atom is 0.319 e. The number of nitrogens with zero attached hydrogens (tertiary/aromatic N) is 1. The number of benzene rings is 1. The molecule has 1 unspecified atom stereocenters. The highest BCUT2D eigenvalue weighted by molar-refractivity contribution is 7.10. The molecule has 1 heterocycles. The summed E-state index contributed by atoms with van der Waals surface area (Å²) in [6.45, 7) is 4.98. The molecule has 0 aliphatic carbocycles. The number of thiophene rings is 1. The van der Waals surface area contributed by atoms with E-state index in [1.54, 1.807) is 32.9 Å². The number of nitro benzene ring substituents is 1. The number of hydrogen-bond acceptors (Lipinski definition) is 5. The van der Waals surface area contributed by atoms with Crippen molar-refractivity contribution in [3.63, 3.8) is 0 Å². The molecule has 8 heteroatoms. The fourth-order valence-corrected chi connectivity index (χ4v) is 3.10. The molecular weight excluding hydrogens is 330 g/mol. The Bertz CT molecular complexity index is 757. The van der Waals surface area contributed by atoms with Gasteiger partial charge in [-0.25, -0.2) is 4.79 Å². The van der Waals surface area contributed by atoms with Crippen molar-refractivity contribution in [3.05, 3.63) is 55.8 Å². The van der Waals surface area contributed by atoms with Gasteiger partial charge in [-0.2, -0.15) is 0 Å². The van der Waals surface area contributed by atoms with Gasteiger partial charge in [0, 0.05) is 10.9 Å². The van der Waals surface area contributed by atoms with Gasteiger partial charge in [0.05, 0.1) is 22.7 Å². The first kappa shape index (κ1) is 17.9. The van der Waals surface area contributed by atoms with Crippen molar-refractivity contribution < 1.29 is 14.8 Å². The van der Waals surface area contributed by atoms with E-state index in [1.807, 2.05) is 11.4 Å². The van der Waals surface area contributed by atoms with Gasteiger partial charge in [0.25, 0.3) is 5.69 Å². The van der Waals surface area contributed by atoms with E-state index in [2.05, 4.69) is 10.6 Å². The second-order valence-electron chi connectivity index (χ2n) is 5.72. The van der Waals surface area contributed by atoms with E-state index in [0.717, 1.165) is 10.4 Å². The Morgan fingerprint density at radius 3 is 2.67 bits per heavy atom. The first-order valence-corrected chi connectivity index (χ1v) is 8.16. The molecule has 0 fully saturated rings. The molecule has 0 spiro atoms. The number of aryl methyl sites for hydroxylation is 1. The molecule has 2 rings (SSSR count). The number of hydrogen-bond donors (Lipinski definition) is 3. The average Bonchev–Trinajstić information content (AvgIpc) is 3.04. The average molecular weight is 349 g/mol. The van der Waals surface area contributed by atoms with Crippen molar-refractivity contribution in [1.29, 1.82) is 0 Å². The van der Waals surface area contributed by atoms with Crippen LogP contribution in [0.4, 0.5) is 16.2 Å². The van der Waals surface area contributed by atoms with E-state index < -0.39 is 16.6 Å². The van der Waals surface area contributed by atoms with Crippen LogP contribution in [0, 0.1) is 24.0 Å². The monoisotopic (exact) mass is 349 g/mol. The van der Waals surface area contributed by atoms with Crippen LogP contribution in [0.3, 0.4) is 0 Å². The smallest absolute Gasteiger partial charge is 0.319 e. The Kier molecular flexibility index (Phi) is 5.20. The summed E-state index contributed by atoms with van der Waals surface area (Å²) in [5, 5.41) is 28.5. The maximum absolute atomic E-state index is 12.1. The van der Waals surface area contributed by atoms with Crippen LogP contribution in [0.1, 0.15) is 22.9 Å². The number of urea groups is 1. The van der Waals surface area contributed by atoms with Crippen LogP contribution in [-0.2, 0) is 5.60 Å². The molecule has 7 nitrogen and oxygen atoms in total. The molecule has 24 heavy (non-hydrogen) atoms. The van der Waals surface area contributed by atoms with Gasteiger partial charge < -0.3 is 15.7 Å². The van der Waals surface area contributed by atoms with Crippen molar-refractivity contribution >= 4 is 28.7 Å². The van der Waals surface area contributed by atoms with E-state index >= 15 is 0 Å². The number of rotatable bonds is 5. The lowest BCUT2D eigenvalue weighted by Crippen LogP contribution is -2.40. The van der Waals surface area contributed by atoms with Crippen LogP contribution in [0.25, 0.3) is 0 Å². The summed E-state index contributed by atoms with van der Waals surface area (Å²) >= 11 is 1.40. The van der Waals surface area contributed by atoms with Crippen molar-refractivity contribution in [1.82, 2.24) is 5.32 Å². The van der Waals surface area contributed by atoms with Gasteiger partial charge in [0.2, 0.25) is 0 Å². The first-order chi connectivity index (χ1) is 11.2. The molecule has 1 atom stereocenters. The molecule has 0 saturated carbocycles. The second kappa shape index (κ2) is 6.98. The second-order valence-corrected chi connectivity index (χ2v) is 6.67. The largest absolute Gasteiger partial charge is 0.383 e. The third-order valence-corrected chi connectivity index (χ3v) is 4.85. The highest BCUT2D eigenvalue weighted by Crippen LogP contribution is 2.29. The van der Waals surface area contributed by atoms with Crippen LogP contribution in [-0.4, -0.2) is 22.6 Å². The predicted molar refractivity (Wildman–Crippen MR) is 93.5 cm³/mol. The highest BCUT2D eigenvalue weighted by atomic mass is 32.1. The molecule has 0 radical (unpaired) electrons. The van der Waals surface area contributed by atoms with Gasteiger partial charge in [-0.15, -0.1) is 11.3 Å². The summed E-state index contributed by atoms with van der Waals surface area (Å²) in [7, 11) is 0. The lowest BCUT2D eigenvalue weighted by atomic mass is 10.1. The topological polar surface area (TPSA) is 105 Å². The predicted octanol–water partition coefficient (Wildman–Crippen LogP) is 3.30. The Hall–Kier alpha value is -2.45. The molecule has 0 aliphatic rings. The third kappa shape index (κ3) is 3.90. The Morgan fingerprint density at radius 2 is 2.08 bits per heavy atom. The van der Waals surface area contributed by atoms with Crippen molar-refractivity contribution in [2.45, 2.75) is 26.4 Å². The number of carbonyl (C=O) groups is 1. The van der Waals surface area contributed by atoms with E-state index in [-0.39, 0.29) is 12.2 Å². The quantitative estimate of drug-likeness (QED) is 0.569. The van der Waals surface area contributed by atoms with Crippen molar-refractivity contribution in [2.24, 2.45) is 0 Å². The van der Waals surface area contributed by atoms with Gasteiger partial charge in [-0.05, 0) is 37.8 Å². The van der Waals surface area contributed by atoms with Crippen LogP contribution < -0.4 is 10.6 Å². The van der Waals surface area contributed by atoms with Crippen LogP contribution in [0.2, 0.25) is 0 Å². The molecule has 3 N–H and O–H groups in total. The maximum atomic E-state index is 12.1. The minimum absolute atomic E-state index is 0.0202. The van der Waals surface area contributed by atoms with Crippen molar-refractivity contribution in [3.8, 4) is 0 Å². The molecule has 2 amide bonds. The number of amides is 2. The fraction of sp³-hybridized carbons (Fsp3) is 0.312. The van der Waals surface area contributed by atoms with Crippen molar-refractivity contribution in [2.75, 3.05) is 11.9 Å². The van der Waals surface area contributed by atoms with Gasteiger partial charge >= 0.3 is 6.03 Å². The number of carbonyl (C=O) groups excluding carboxylic acids is 1. The Labute approximate surface area is 143 Å². The van der Waals surface area contributed by atoms with Gasteiger partial charge in [-0.1, -0.05) is 12.1 Å². The van der Waals surface area contributed by atoms with Crippen LogP contribution in [0.5, 0.6) is 0 Å². The van der Waals surface area contributed by atoms with Crippen LogP contribution in [0.15, 0.2) is 29.6 Å². The van der Waals surface area contributed by atoms with Gasteiger partial charge in [0.15, 0.2) is 0 Å². The molecule has 0 saturated heterocycles. The normalized spacial score (nSPS) is 13.2. The minimum Gasteiger partial charge on any atom is -0.383 e. The summed E-state index contributed by atoms with van der Waals surface area (Å²) in [4.78, 5) is 23.4. The molecule has 128 valence electrons. The highest BCUT2D eigenvalue weighted by Gasteiger charge is 2.25. The number of anilines is 1. The molecule has 2 aromatic rings. The Balaban J connectivity index is 2.08.